The second-order valence-corrected chi connectivity index (χ2v) is 7.23. The quantitative estimate of drug-likeness (QED) is 0.840. The molecule has 1 heteroatoms. The van der Waals surface area contributed by atoms with E-state index in [-0.39, 0.29) is 0 Å². The molecule has 98 valence electrons. The first-order valence-corrected chi connectivity index (χ1v) is 7.26. The molecule has 0 saturated heterocycles. The third-order valence-electron chi connectivity index (χ3n) is 5.59. The SMILES string of the molecule is CC1(C)C(NCc2ccccc2C2CC2)C1(C)C. The average molecular weight is 243 g/mol. The Bertz CT molecular complexity index is 440. The maximum Gasteiger partial charge on any atom is 0.0211 e. The first-order chi connectivity index (χ1) is 8.44. The Labute approximate surface area is 111 Å². The van der Waals surface area contributed by atoms with E-state index in [4.69, 9.17) is 0 Å². The van der Waals surface area contributed by atoms with E-state index in [9.17, 15) is 0 Å². The summed E-state index contributed by atoms with van der Waals surface area (Å²) in [5.41, 5.74) is 3.96. The van der Waals surface area contributed by atoms with E-state index >= 15 is 0 Å². The van der Waals surface area contributed by atoms with Gasteiger partial charge < -0.3 is 5.32 Å². The molecule has 1 nitrogen and oxygen atoms in total. The smallest absolute Gasteiger partial charge is 0.0211 e. The van der Waals surface area contributed by atoms with Crippen LogP contribution in [0, 0.1) is 10.8 Å². The van der Waals surface area contributed by atoms with Gasteiger partial charge in [0.2, 0.25) is 0 Å². The monoisotopic (exact) mass is 243 g/mol. The number of nitrogens with one attached hydrogen (secondary N) is 1. The Morgan fingerprint density at radius 1 is 1.06 bits per heavy atom. The van der Waals surface area contributed by atoms with Crippen molar-refractivity contribution in [3.8, 4) is 0 Å². The van der Waals surface area contributed by atoms with E-state index in [1.54, 1.807) is 5.56 Å². The van der Waals surface area contributed by atoms with Crippen molar-refractivity contribution >= 4 is 0 Å². The molecule has 0 unspecified atom stereocenters. The van der Waals surface area contributed by atoms with Gasteiger partial charge in [0, 0.05) is 12.6 Å². The number of rotatable bonds is 4. The zero-order valence-electron chi connectivity index (χ0n) is 12.1. The average Bonchev–Trinajstić information content (AvgIpc) is 3.18. The van der Waals surface area contributed by atoms with E-state index in [1.807, 2.05) is 0 Å². The zero-order valence-corrected chi connectivity index (χ0v) is 12.1. The van der Waals surface area contributed by atoms with Crippen molar-refractivity contribution in [3.05, 3.63) is 35.4 Å². The molecule has 1 aromatic carbocycles. The molecule has 2 aliphatic rings. The lowest BCUT2D eigenvalue weighted by Crippen LogP contribution is -2.22. The van der Waals surface area contributed by atoms with Gasteiger partial charge in [-0.05, 0) is 40.7 Å². The highest BCUT2D eigenvalue weighted by molar-refractivity contribution is 5.33. The van der Waals surface area contributed by atoms with Gasteiger partial charge >= 0.3 is 0 Å². The van der Waals surface area contributed by atoms with Gasteiger partial charge in [0.25, 0.3) is 0 Å². The van der Waals surface area contributed by atoms with E-state index in [2.05, 4.69) is 57.3 Å². The van der Waals surface area contributed by atoms with Crippen LogP contribution in [0.1, 0.15) is 57.6 Å². The highest BCUT2D eigenvalue weighted by Gasteiger charge is 2.64. The molecular weight excluding hydrogens is 218 g/mol. The van der Waals surface area contributed by atoms with E-state index < -0.39 is 0 Å². The van der Waals surface area contributed by atoms with Crippen molar-refractivity contribution in [2.24, 2.45) is 10.8 Å². The van der Waals surface area contributed by atoms with Crippen LogP contribution in [0.15, 0.2) is 24.3 Å². The van der Waals surface area contributed by atoms with Crippen LogP contribution in [0.3, 0.4) is 0 Å². The molecule has 18 heavy (non-hydrogen) atoms. The molecule has 0 atom stereocenters. The van der Waals surface area contributed by atoms with Crippen LogP contribution < -0.4 is 5.32 Å². The molecule has 0 spiro atoms. The summed E-state index contributed by atoms with van der Waals surface area (Å²) in [6.45, 7) is 10.5. The van der Waals surface area contributed by atoms with Crippen molar-refractivity contribution in [3.63, 3.8) is 0 Å². The molecule has 1 aromatic rings. The maximum absolute atomic E-state index is 3.78. The molecule has 0 amide bonds. The minimum absolute atomic E-state index is 0.432. The Morgan fingerprint density at radius 2 is 1.67 bits per heavy atom. The second-order valence-electron chi connectivity index (χ2n) is 7.23. The minimum Gasteiger partial charge on any atom is -0.309 e. The van der Waals surface area contributed by atoms with Crippen LogP contribution in [0.25, 0.3) is 0 Å². The third-order valence-corrected chi connectivity index (χ3v) is 5.59. The summed E-state index contributed by atoms with van der Waals surface area (Å²) in [7, 11) is 0. The highest BCUT2D eigenvalue weighted by atomic mass is 15.0. The van der Waals surface area contributed by atoms with Gasteiger partial charge in [0.1, 0.15) is 0 Å². The zero-order chi connectivity index (χ0) is 13.0. The van der Waals surface area contributed by atoms with Crippen LogP contribution >= 0.6 is 0 Å². The van der Waals surface area contributed by atoms with E-state index in [1.165, 1.54) is 18.4 Å². The van der Waals surface area contributed by atoms with Gasteiger partial charge in [-0.15, -0.1) is 0 Å². The van der Waals surface area contributed by atoms with Gasteiger partial charge in [0.05, 0.1) is 0 Å². The minimum atomic E-state index is 0.432. The third kappa shape index (κ3) is 1.80. The Balaban J connectivity index is 1.68. The topological polar surface area (TPSA) is 12.0 Å². The van der Waals surface area contributed by atoms with Gasteiger partial charge in [-0.25, -0.2) is 0 Å². The number of hydrogen-bond acceptors (Lipinski definition) is 1. The molecule has 0 bridgehead atoms. The summed E-state index contributed by atoms with van der Waals surface area (Å²) < 4.78 is 0. The summed E-state index contributed by atoms with van der Waals surface area (Å²) in [4.78, 5) is 0. The van der Waals surface area contributed by atoms with Crippen molar-refractivity contribution in [1.82, 2.24) is 5.32 Å². The van der Waals surface area contributed by atoms with Crippen LogP contribution in [0.4, 0.5) is 0 Å². The fourth-order valence-electron chi connectivity index (χ4n) is 3.41. The van der Waals surface area contributed by atoms with Crippen molar-refractivity contribution in [2.75, 3.05) is 0 Å². The van der Waals surface area contributed by atoms with Crippen LogP contribution in [0.5, 0.6) is 0 Å². The Hall–Kier alpha value is -0.820. The predicted molar refractivity (Wildman–Crippen MR) is 76.6 cm³/mol. The summed E-state index contributed by atoms with van der Waals surface area (Å²) >= 11 is 0. The molecule has 2 fully saturated rings. The van der Waals surface area contributed by atoms with Crippen LogP contribution in [-0.2, 0) is 6.54 Å². The first-order valence-electron chi connectivity index (χ1n) is 7.26. The molecule has 3 rings (SSSR count). The lowest BCUT2D eigenvalue weighted by molar-refractivity contribution is 0.457. The van der Waals surface area contributed by atoms with Crippen molar-refractivity contribution in [2.45, 2.75) is 59.0 Å². The predicted octanol–water partition coefficient (Wildman–Crippen LogP) is 4.09. The Morgan fingerprint density at radius 3 is 2.22 bits per heavy atom. The van der Waals surface area contributed by atoms with Gasteiger partial charge in [-0.2, -0.15) is 0 Å². The fourth-order valence-corrected chi connectivity index (χ4v) is 3.41. The summed E-state index contributed by atoms with van der Waals surface area (Å²) in [6.07, 6.45) is 2.77. The summed E-state index contributed by atoms with van der Waals surface area (Å²) in [5, 5.41) is 3.78. The lowest BCUT2D eigenvalue weighted by Gasteiger charge is -2.11. The Kier molecular flexibility index (Phi) is 2.60. The largest absolute Gasteiger partial charge is 0.309 e. The second kappa shape index (κ2) is 3.84. The van der Waals surface area contributed by atoms with Gasteiger partial charge in [-0.3, -0.25) is 0 Å². The number of benzene rings is 1. The van der Waals surface area contributed by atoms with Gasteiger partial charge in [-0.1, -0.05) is 52.0 Å². The summed E-state index contributed by atoms with van der Waals surface area (Å²) in [5.74, 6) is 0.850. The molecule has 0 radical (unpaired) electrons. The number of hydrogen-bond donors (Lipinski definition) is 1. The standard InChI is InChI=1S/C17H25N/c1-16(2)15(17(16,3)4)18-11-13-7-5-6-8-14(13)12-9-10-12/h5-8,12,15,18H,9-11H2,1-4H3. The molecule has 2 aliphatic carbocycles. The van der Waals surface area contributed by atoms with Crippen molar-refractivity contribution < 1.29 is 0 Å². The van der Waals surface area contributed by atoms with Crippen molar-refractivity contribution in [1.29, 1.82) is 0 Å². The lowest BCUT2D eigenvalue weighted by atomic mass is 10.0. The molecular formula is C17H25N. The summed E-state index contributed by atoms with van der Waals surface area (Å²) in [6, 6.07) is 9.62. The highest BCUT2D eigenvalue weighted by Crippen LogP contribution is 2.62. The molecule has 0 heterocycles. The first kappa shape index (κ1) is 12.2. The van der Waals surface area contributed by atoms with E-state index in [0.29, 0.717) is 16.9 Å². The molecule has 0 aromatic heterocycles. The maximum atomic E-state index is 3.78. The van der Waals surface area contributed by atoms with Crippen LogP contribution in [0.2, 0.25) is 0 Å². The molecule has 2 saturated carbocycles. The van der Waals surface area contributed by atoms with Gasteiger partial charge in [0.15, 0.2) is 0 Å². The normalized spacial score (nSPS) is 25.1. The van der Waals surface area contributed by atoms with Crippen LogP contribution in [-0.4, -0.2) is 6.04 Å². The molecule has 0 aliphatic heterocycles. The van der Waals surface area contributed by atoms with E-state index in [0.717, 1.165) is 12.5 Å². The fraction of sp³-hybridized carbons (Fsp3) is 0.647. The molecule has 1 N–H and O–H groups in total.